The summed E-state index contributed by atoms with van der Waals surface area (Å²) in [5.74, 6) is -1.31. The van der Waals surface area contributed by atoms with Gasteiger partial charge in [-0.25, -0.2) is 9.13 Å². The number of ether oxygens (including phenoxy) is 4. The normalized spacial score (nSPS) is 13.9. The smallest absolute Gasteiger partial charge is 0.462 e. The lowest BCUT2D eigenvalue weighted by atomic mass is 10.0. The summed E-state index contributed by atoms with van der Waals surface area (Å²) in [5.41, 5.74) is 0. The quantitative estimate of drug-likeness (QED) is 0.0222. The third kappa shape index (κ3) is 72.2. The maximum Gasteiger partial charge on any atom is 0.472 e. The first-order chi connectivity index (χ1) is 47.0. The third-order valence-electron chi connectivity index (χ3n) is 18.3. The number of esters is 4. The summed E-state index contributed by atoms with van der Waals surface area (Å²) < 4.78 is 68.6. The molecule has 0 aliphatic rings. The molecule has 0 spiro atoms. The summed E-state index contributed by atoms with van der Waals surface area (Å²) in [5, 5.41) is 10.6. The Morgan fingerprint density at radius 2 is 0.474 bits per heavy atom. The number of phosphoric acid groups is 2. The molecule has 0 bridgehead atoms. The zero-order valence-corrected chi connectivity index (χ0v) is 65.0. The van der Waals surface area contributed by atoms with Gasteiger partial charge in [-0.05, 0) is 31.6 Å². The van der Waals surface area contributed by atoms with Gasteiger partial charge in [0.2, 0.25) is 0 Å². The van der Waals surface area contributed by atoms with E-state index in [1.54, 1.807) is 0 Å². The minimum atomic E-state index is -4.96. The average molecular weight is 1420 g/mol. The van der Waals surface area contributed by atoms with Gasteiger partial charge in [-0.2, -0.15) is 0 Å². The topological polar surface area (TPSA) is 237 Å². The second-order valence-electron chi connectivity index (χ2n) is 28.6. The number of hydrogen-bond donors (Lipinski definition) is 3. The van der Waals surface area contributed by atoms with Crippen LogP contribution >= 0.6 is 15.6 Å². The minimum absolute atomic E-state index is 0.108. The molecule has 17 nitrogen and oxygen atoms in total. The van der Waals surface area contributed by atoms with Crippen molar-refractivity contribution in [3.05, 3.63) is 0 Å². The molecule has 0 aromatic heterocycles. The van der Waals surface area contributed by atoms with Crippen LogP contribution in [-0.2, 0) is 65.4 Å². The van der Waals surface area contributed by atoms with E-state index in [9.17, 15) is 43.2 Å². The molecule has 3 N–H and O–H groups in total. The molecule has 2 unspecified atom stereocenters. The molecule has 0 rings (SSSR count). The van der Waals surface area contributed by atoms with Crippen LogP contribution in [0, 0.1) is 5.92 Å². The van der Waals surface area contributed by atoms with Gasteiger partial charge in [0.05, 0.1) is 26.4 Å². The molecule has 0 saturated carbocycles. The van der Waals surface area contributed by atoms with Crippen LogP contribution in [0.3, 0.4) is 0 Å². The Balaban J connectivity index is 5.24. The van der Waals surface area contributed by atoms with E-state index in [0.717, 1.165) is 95.8 Å². The molecule has 0 heterocycles. The highest BCUT2D eigenvalue weighted by atomic mass is 31.2. The van der Waals surface area contributed by atoms with Crippen LogP contribution in [0.5, 0.6) is 0 Å². The van der Waals surface area contributed by atoms with Crippen LogP contribution in [0.4, 0.5) is 0 Å². The average Bonchev–Trinajstić information content (AvgIpc) is 2.19. The number of aliphatic hydroxyl groups is 1. The molecule has 0 radical (unpaired) electrons. The monoisotopic (exact) mass is 1420 g/mol. The third-order valence-corrected chi connectivity index (χ3v) is 20.2. The molecule has 0 aliphatic heterocycles. The second kappa shape index (κ2) is 71.1. The van der Waals surface area contributed by atoms with Crippen LogP contribution in [0.15, 0.2) is 0 Å². The highest BCUT2D eigenvalue weighted by Gasteiger charge is 2.30. The Morgan fingerprint density at radius 1 is 0.278 bits per heavy atom. The highest BCUT2D eigenvalue weighted by Crippen LogP contribution is 2.45. The summed E-state index contributed by atoms with van der Waals surface area (Å²) in [6.07, 6.45) is 60.8. The largest absolute Gasteiger partial charge is 0.472 e. The first kappa shape index (κ1) is 95.1. The molecule has 0 aromatic carbocycles. The van der Waals surface area contributed by atoms with Crippen LogP contribution in [0.1, 0.15) is 413 Å². The molecule has 576 valence electrons. The van der Waals surface area contributed by atoms with Gasteiger partial charge < -0.3 is 33.8 Å². The van der Waals surface area contributed by atoms with Crippen LogP contribution in [0.2, 0.25) is 0 Å². The molecule has 0 aromatic rings. The fraction of sp³-hybridized carbons (Fsp3) is 0.949. The molecule has 0 amide bonds. The van der Waals surface area contributed by atoms with Gasteiger partial charge in [-0.3, -0.25) is 37.3 Å². The Morgan fingerprint density at radius 3 is 0.701 bits per heavy atom. The maximum absolute atomic E-state index is 13.1. The van der Waals surface area contributed by atoms with Gasteiger partial charge >= 0.3 is 39.5 Å². The zero-order valence-electron chi connectivity index (χ0n) is 63.2. The van der Waals surface area contributed by atoms with Crippen molar-refractivity contribution in [2.45, 2.75) is 432 Å². The molecule has 19 heteroatoms. The molecule has 97 heavy (non-hydrogen) atoms. The maximum atomic E-state index is 13.1. The van der Waals surface area contributed by atoms with E-state index < -0.39 is 97.5 Å². The lowest BCUT2D eigenvalue weighted by molar-refractivity contribution is -0.161. The first-order valence-electron chi connectivity index (χ1n) is 40.6. The predicted molar refractivity (Wildman–Crippen MR) is 395 cm³/mol. The van der Waals surface area contributed by atoms with Crippen molar-refractivity contribution in [1.82, 2.24) is 0 Å². The van der Waals surface area contributed by atoms with Crippen molar-refractivity contribution in [2.24, 2.45) is 5.92 Å². The van der Waals surface area contributed by atoms with Gasteiger partial charge in [0.15, 0.2) is 12.2 Å². The lowest BCUT2D eigenvalue weighted by Crippen LogP contribution is -2.30. The van der Waals surface area contributed by atoms with Crippen molar-refractivity contribution in [1.29, 1.82) is 0 Å². The molecule has 0 fully saturated rings. The Bertz CT molecular complexity index is 1860. The number of phosphoric ester groups is 2. The summed E-state index contributed by atoms with van der Waals surface area (Å²) >= 11 is 0. The van der Waals surface area contributed by atoms with Crippen molar-refractivity contribution in [3.8, 4) is 0 Å². The van der Waals surface area contributed by atoms with Crippen molar-refractivity contribution >= 4 is 39.5 Å². The van der Waals surface area contributed by atoms with Crippen LogP contribution in [-0.4, -0.2) is 96.7 Å². The van der Waals surface area contributed by atoms with Crippen molar-refractivity contribution in [3.63, 3.8) is 0 Å². The molecule has 0 aliphatic carbocycles. The number of unbranched alkanes of at least 4 members (excludes halogenated alkanes) is 50. The molecular weight excluding hydrogens is 1270 g/mol. The number of hydrogen-bond acceptors (Lipinski definition) is 15. The Labute approximate surface area is 594 Å². The minimum Gasteiger partial charge on any atom is -0.462 e. The number of aliphatic hydroxyl groups excluding tert-OH is 1. The molecular formula is C78H152O17P2. The van der Waals surface area contributed by atoms with Crippen molar-refractivity contribution in [2.75, 3.05) is 39.6 Å². The van der Waals surface area contributed by atoms with E-state index in [1.807, 2.05) is 0 Å². The van der Waals surface area contributed by atoms with E-state index in [-0.39, 0.29) is 25.7 Å². The fourth-order valence-corrected chi connectivity index (χ4v) is 13.6. The number of carbonyl (C=O) groups excluding carboxylic acids is 4. The van der Waals surface area contributed by atoms with Gasteiger partial charge in [0, 0.05) is 25.7 Å². The first-order valence-corrected chi connectivity index (χ1v) is 43.6. The van der Waals surface area contributed by atoms with E-state index in [1.165, 1.54) is 238 Å². The predicted octanol–water partition coefficient (Wildman–Crippen LogP) is 23.3. The zero-order chi connectivity index (χ0) is 71.2. The SMILES string of the molecule is CCCCCCCCCCCCCCCCCC(=O)OC[C@H](COP(=O)(O)OC[C@@H](O)COP(=O)(O)OC[C@@H](COC(=O)CCCCCCCCCCCC)OC(=O)CCCCCCCCCCCCCCCCC)OC(=O)CCCCCCCCCCCCCCCCC(C)C. The Kier molecular flexibility index (Phi) is 69.6. The summed E-state index contributed by atoms with van der Waals surface area (Å²) in [7, 11) is -9.91. The highest BCUT2D eigenvalue weighted by molar-refractivity contribution is 7.47. The summed E-state index contributed by atoms with van der Waals surface area (Å²) in [6.45, 7) is 7.33. The fourth-order valence-electron chi connectivity index (χ4n) is 12.1. The van der Waals surface area contributed by atoms with E-state index in [2.05, 4.69) is 34.6 Å². The number of carbonyl (C=O) groups is 4. The van der Waals surface area contributed by atoms with E-state index in [0.29, 0.717) is 25.7 Å². The van der Waals surface area contributed by atoms with E-state index >= 15 is 0 Å². The van der Waals surface area contributed by atoms with Gasteiger partial charge in [-0.1, -0.05) is 362 Å². The van der Waals surface area contributed by atoms with Gasteiger partial charge in [0.1, 0.15) is 19.3 Å². The molecule has 5 atom stereocenters. The Hall–Kier alpha value is -1.94. The van der Waals surface area contributed by atoms with Gasteiger partial charge in [0.25, 0.3) is 0 Å². The standard InChI is InChI=1S/C78H152O17P2/c1-6-9-12-15-18-21-24-26-28-33-37-42-47-52-57-62-76(81)89-68-74(95-78(83)64-59-54-49-44-39-35-31-30-32-36-40-45-50-55-60-71(4)5)70-93-97(86,87)91-66-72(79)65-90-96(84,85)92-69-73(67-88-75(80)61-56-51-46-41-23-20-17-14-11-8-3)94-77(82)63-58-53-48-43-38-34-29-27-25-22-19-16-13-10-7-2/h71-74,79H,6-70H2,1-5H3,(H,84,85)(H,86,87)/t72-,73+,74+/m0/s1. The number of rotatable bonds is 78. The molecule has 0 saturated heterocycles. The van der Waals surface area contributed by atoms with Gasteiger partial charge in [-0.15, -0.1) is 0 Å². The lowest BCUT2D eigenvalue weighted by Gasteiger charge is -2.21. The van der Waals surface area contributed by atoms with Crippen LogP contribution < -0.4 is 0 Å². The van der Waals surface area contributed by atoms with Crippen LogP contribution in [0.25, 0.3) is 0 Å². The summed E-state index contributed by atoms with van der Waals surface area (Å²) in [6, 6.07) is 0. The summed E-state index contributed by atoms with van der Waals surface area (Å²) in [4.78, 5) is 72.9. The second-order valence-corrected chi connectivity index (χ2v) is 31.5. The van der Waals surface area contributed by atoms with Crippen molar-refractivity contribution < 1.29 is 80.2 Å². The van der Waals surface area contributed by atoms with E-state index in [4.69, 9.17) is 37.0 Å².